The number of likely N-dealkylation sites (N-methyl/N-ethyl adjacent to an activating group) is 1. The molecule has 1 unspecified atom stereocenters. The number of hydrogen-bond acceptors (Lipinski definition) is 4. The van der Waals surface area contributed by atoms with E-state index >= 15 is 0 Å². The topological polar surface area (TPSA) is 75.9 Å². The Balaban J connectivity index is 0.00000324. The Morgan fingerprint density at radius 1 is 1.42 bits per heavy atom. The third-order valence-corrected chi connectivity index (χ3v) is 5.56. The highest BCUT2D eigenvalue weighted by Gasteiger charge is 2.31. The fourth-order valence-corrected chi connectivity index (χ4v) is 3.54. The molecule has 1 saturated heterocycles. The summed E-state index contributed by atoms with van der Waals surface area (Å²) < 4.78 is 32.3. The van der Waals surface area contributed by atoms with Crippen LogP contribution in [0.25, 0.3) is 0 Å². The Bertz CT molecular complexity index is 343. The summed E-state index contributed by atoms with van der Waals surface area (Å²) in [6.45, 7) is 3.90. The van der Waals surface area contributed by atoms with Gasteiger partial charge in [0, 0.05) is 39.8 Å². The molecule has 0 spiro atoms. The van der Waals surface area contributed by atoms with Gasteiger partial charge in [0.15, 0.2) is 0 Å². The second-order valence-corrected chi connectivity index (χ2v) is 6.95. The molecule has 0 saturated carbocycles. The molecule has 1 atom stereocenters. The minimum absolute atomic E-state index is 0. The highest BCUT2D eigenvalue weighted by molar-refractivity contribution is 7.86. The van der Waals surface area contributed by atoms with Gasteiger partial charge in [0.25, 0.3) is 10.2 Å². The van der Waals surface area contributed by atoms with Crippen LogP contribution in [-0.4, -0.2) is 63.5 Å². The number of piperidine rings is 1. The van der Waals surface area contributed by atoms with Crippen LogP contribution in [0, 0.1) is 5.92 Å². The van der Waals surface area contributed by atoms with Gasteiger partial charge in [0.05, 0.1) is 6.61 Å². The fraction of sp³-hybridized carbons (Fsp3) is 1.00. The smallest absolute Gasteiger partial charge is 0.281 e. The summed E-state index contributed by atoms with van der Waals surface area (Å²) in [5, 5.41) is 0. The molecule has 1 rings (SSSR count). The lowest BCUT2D eigenvalue weighted by Gasteiger charge is -2.34. The predicted octanol–water partition coefficient (Wildman–Crippen LogP) is 0.290. The van der Waals surface area contributed by atoms with Crippen molar-refractivity contribution in [2.24, 2.45) is 11.7 Å². The van der Waals surface area contributed by atoms with E-state index in [-0.39, 0.29) is 18.4 Å². The first-order valence-electron chi connectivity index (χ1n) is 6.35. The molecular weight excluding hydrogens is 290 g/mol. The van der Waals surface area contributed by atoms with Gasteiger partial charge < -0.3 is 10.5 Å². The van der Waals surface area contributed by atoms with Crippen molar-refractivity contribution >= 4 is 22.6 Å². The lowest BCUT2D eigenvalue weighted by Crippen LogP contribution is -2.48. The van der Waals surface area contributed by atoms with Crippen LogP contribution in [0.15, 0.2) is 0 Å². The quantitative estimate of drug-likeness (QED) is 0.764. The summed E-state index contributed by atoms with van der Waals surface area (Å²) in [6.07, 6.45) is 1.68. The average molecular weight is 316 g/mol. The molecule has 0 bridgehead atoms. The Morgan fingerprint density at radius 2 is 1.95 bits per heavy atom. The first-order valence-corrected chi connectivity index (χ1v) is 7.75. The number of halogens is 1. The van der Waals surface area contributed by atoms with Crippen LogP contribution in [0.1, 0.15) is 19.8 Å². The molecule has 1 aliphatic heterocycles. The van der Waals surface area contributed by atoms with Gasteiger partial charge in [-0.2, -0.15) is 17.0 Å². The molecule has 8 heteroatoms. The molecule has 0 aromatic rings. The molecule has 1 aliphatic rings. The molecule has 6 nitrogen and oxygen atoms in total. The van der Waals surface area contributed by atoms with Gasteiger partial charge in [0.2, 0.25) is 0 Å². The van der Waals surface area contributed by atoms with Gasteiger partial charge >= 0.3 is 0 Å². The third kappa shape index (κ3) is 5.17. The normalized spacial score (nSPS) is 20.3. The first kappa shape index (κ1) is 19.1. The van der Waals surface area contributed by atoms with Crippen LogP contribution in [0.5, 0.6) is 0 Å². The van der Waals surface area contributed by atoms with E-state index in [9.17, 15) is 8.42 Å². The molecule has 1 heterocycles. The number of rotatable bonds is 6. The van der Waals surface area contributed by atoms with Crippen molar-refractivity contribution in [2.45, 2.75) is 25.8 Å². The van der Waals surface area contributed by atoms with E-state index in [1.165, 1.54) is 4.31 Å². The molecule has 0 aliphatic carbocycles. The van der Waals surface area contributed by atoms with Gasteiger partial charge in [-0.05, 0) is 25.7 Å². The summed E-state index contributed by atoms with van der Waals surface area (Å²) in [5.74, 6) is 0.431. The van der Waals surface area contributed by atoms with Crippen LogP contribution in [0.3, 0.4) is 0 Å². The van der Waals surface area contributed by atoms with E-state index in [1.54, 1.807) is 18.5 Å². The van der Waals surface area contributed by atoms with Crippen molar-refractivity contribution in [2.75, 3.05) is 40.4 Å². The minimum atomic E-state index is -3.34. The first-order chi connectivity index (χ1) is 8.39. The predicted molar refractivity (Wildman–Crippen MR) is 78.6 cm³/mol. The fourth-order valence-electron chi connectivity index (χ4n) is 2.16. The maximum atomic E-state index is 12.2. The number of ether oxygens (including phenoxy) is 1. The van der Waals surface area contributed by atoms with Crippen molar-refractivity contribution in [3.05, 3.63) is 0 Å². The van der Waals surface area contributed by atoms with Crippen molar-refractivity contribution in [1.82, 2.24) is 8.61 Å². The zero-order valence-electron chi connectivity index (χ0n) is 11.9. The molecule has 116 valence electrons. The summed E-state index contributed by atoms with van der Waals surface area (Å²) in [4.78, 5) is 0. The maximum absolute atomic E-state index is 12.2. The number of methoxy groups -OCH3 is 1. The van der Waals surface area contributed by atoms with E-state index in [1.807, 2.05) is 6.92 Å². The van der Waals surface area contributed by atoms with E-state index in [0.717, 1.165) is 12.8 Å². The van der Waals surface area contributed by atoms with Gasteiger partial charge in [-0.25, -0.2) is 0 Å². The average Bonchev–Trinajstić information content (AvgIpc) is 2.35. The highest BCUT2D eigenvalue weighted by Crippen LogP contribution is 2.22. The molecule has 19 heavy (non-hydrogen) atoms. The summed E-state index contributed by atoms with van der Waals surface area (Å²) >= 11 is 0. The lowest BCUT2D eigenvalue weighted by atomic mass is 9.92. The van der Waals surface area contributed by atoms with E-state index in [0.29, 0.717) is 32.2 Å². The zero-order chi connectivity index (χ0) is 13.8. The molecule has 0 aromatic heterocycles. The van der Waals surface area contributed by atoms with Crippen molar-refractivity contribution in [1.29, 1.82) is 0 Å². The Labute approximate surface area is 122 Å². The molecule has 0 radical (unpaired) electrons. The Hall–Kier alpha value is 0.0800. The van der Waals surface area contributed by atoms with Crippen LogP contribution >= 0.6 is 12.4 Å². The second kappa shape index (κ2) is 8.39. The van der Waals surface area contributed by atoms with Crippen molar-refractivity contribution < 1.29 is 13.2 Å². The number of hydrogen-bond donors (Lipinski definition) is 1. The van der Waals surface area contributed by atoms with Gasteiger partial charge in [-0.15, -0.1) is 12.4 Å². The van der Waals surface area contributed by atoms with Crippen LogP contribution < -0.4 is 5.73 Å². The van der Waals surface area contributed by atoms with E-state index < -0.39 is 10.2 Å². The summed E-state index contributed by atoms with van der Waals surface area (Å²) in [5.41, 5.74) is 5.85. The van der Waals surface area contributed by atoms with E-state index in [2.05, 4.69) is 0 Å². The van der Waals surface area contributed by atoms with Gasteiger partial charge in [0.1, 0.15) is 0 Å². The van der Waals surface area contributed by atoms with E-state index in [4.69, 9.17) is 10.5 Å². The molecule has 0 aromatic carbocycles. The molecular formula is C11H26ClN3O3S. The van der Waals surface area contributed by atoms with Crippen LogP contribution in [0.2, 0.25) is 0 Å². The minimum Gasteiger partial charge on any atom is -0.383 e. The van der Waals surface area contributed by atoms with Crippen molar-refractivity contribution in [3.8, 4) is 0 Å². The standard InChI is InChI=1S/C11H25N3O3S.ClH/c1-10(12)11-4-6-14(7-5-11)18(15,16)13(2)8-9-17-3;/h10-11H,4-9,12H2,1-3H3;1H. The van der Waals surface area contributed by atoms with Gasteiger partial charge in [-0.1, -0.05) is 0 Å². The van der Waals surface area contributed by atoms with Crippen LogP contribution in [0.4, 0.5) is 0 Å². The highest BCUT2D eigenvalue weighted by atomic mass is 35.5. The number of nitrogens with two attached hydrogens (primary N) is 1. The second-order valence-electron chi connectivity index (χ2n) is 4.92. The zero-order valence-corrected chi connectivity index (χ0v) is 13.5. The largest absolute Gasteiger partial charge is 0.383 e. The van der Waals surface area contributed by atoms with Crippen molar-refractivity contribution in [3.63, 3.8) is 0 Å². The van der Waals surface area contributed by atoms with Gasteiger partial charge in [-0.3, -0.25) is 0 Å². The summed E-state index contributed by atoms with van der Waals surface area (Å²) in [7, 11) is -0.184. The van der Waals surface area contributed by atoms with Crippen LogP contribution in [-0.2, 0) is 14.9 Å². The monoisotopic (exact) mass is 315 g/mol. The number of nitrogens with zero attached hydrogens (tertiary/aromatic N) is 2. The molecule has 1 fully saturated rings. The Kier molecular flexibility index (Phi) is 8.42. The third-order valence-electron chi connectivity index (χ3n) is 3.57. The Morgan fingerprint density at radius 3 is 2.37 bits per heavy atom. The summed E-state index contributed by atoms with van der Waals surface area (Å²) in [6, 6.07) is 0.140. The molecule has 0 amide bonds. The lowest BCUT2D eigenvalue weighted by molar-refractivity contribution is 0.179. The SMILES string of the molecule is COCCN(C)S(=O)(=O)N1CCC(C(C)N)CC1.Cl. The maximum Gasteiger partial charge on any atom is 0.281 e. The molecule has 2 N–H and O–H groups in total.